The van der Waals surface area contributed by atoms with Crippen LogP contribution in [0.5, 0.6) is 5.75 Å². The van der Waals surface area contributed by atoms with Crippen LogP contribution in [0.25, 0.3) is 22.2 Å². The molecule has 1 aromatic carbocycles. The monoisotopic (exact) mass is 421 g/mol. The lowest BCUT2D eigenvalue weighted by atomic mass is 10.2. The van der Waals surface area contributed by atoms with Gasteiger partial charge < -0.3 is 13.6 Å². The van der Waals surface area contributed by atoms with Gasteiger partial charge in [0.2, 0.25) is 11.8 Å². The number of benzene rings is 1. The molecule has 0 bridgehead atoms. The van der Waals surface area contributed by atoms with Crippen LogP contribution < -0.4 is 4.74 Å². The number of aryl methyl sites for hydroxylation is 1. The Hall–Kier alpha value is -2.72. The lowest BCUT2D eigenvalue weighted by molar-refractivity contribution is -0.0498. The number of rotatable bonds is 7. The first-order chi connectivity index (χ1) is 13.6. The van der Waals surface area contributed by atoms with Crippen molar-refractivity contribution in [3.05, 3.63) is 53.2 Å². The Bertz CT molecular complexity index is 1050. The highest BCUT2D eigenvalue weighted by Gasteiger charge is 2.15. The fraction of sp³-hybridized carbons (Fsp3) is 0.167. The fourth-order valence-electron chi connectivity index (χ4n) is 2.36. The Morgan fingerprint density at radius 2 is 1.93 bits per heavy atom. The molecule has 0 saturated carbocycles. The molecule has 144 valence electrons. The third-order valence-electron chi connectivity index (χ3n) is 3.69. The van der Waals surface area contributed by atoms with Crippen LogP contribution >= 0.6 is 23.1 Å². The smallest absolute Gasteiger partial charge is 0.387 e. The molecule has 0 amide bonds. The highest BCUT2D eigenvalue weighted by Crippen LogP contribution is 2.30. The van der Waals surface area contributed by atoms with E-state index < -0.39 is 6.61 Å². The third-order valence-corrected chi connectivity index (χ3v) is 5.38. The minimum atomic E-state index is -2.86. The minimum absolute atomic E-state index is 0.0657. The average molecular weight is 421 g/mol. The van der Waals surface area contributed by atoms with Crippen LogP contribution in [0.3, 0.4) is 0 Å². The largest absolute Gasteiger partial charge is 0.440 e. The zero-order valence-corrected chi connectivity index (χ0v) is 16.1. The van der Waals surface area contributed by atoms with Crippen LogP contribution in [0.15, 0.2) is 55.8 Å². The van der Waals surface area contributed by atoms with Crippen molar-refractivity contribution < 1.29 is 22.4 Å². The van der Waals surface area contributed by atoms with Gasteiger partial charge in [0.15, 0.2) is 0 Å². The summed E-state index contributed by atoms with van der Waals surface area (Å²) in [6, 6.07) is 9.89. The second-order valence-electron chi connectivity index (χ2n) is 5.56. The Morgan fingerprint density at radius 3 is 2.64 bits per heavy atom. The molecule has 10 heteroatoms. The predicted molar refractivity (Wildman–Crippen MR) is 100 cm³/mol. The standard InChI is InChI=1S/C18H13F2N3O3S2/c1-10-13(21-16(24-10)14-3-2-8-27-14)9-28-18-23-22-15(26-18)11-4-6-12(7-5-11)25-17(19)20/h2-8,17H,9H2,1H3. The molecule has 0 fully saturated rings. The Morgan fingerprint density at radius 1 is 1.11 bits per heavy atom. The van der Waals surface area contributed by atoms with Gasteiger partial charge in [0.25, 0.3) is 5.22 Å². The molecular weight excluding hydrogens is 408 g/mol. The van der Waals surface area contributed by atoms with Gasteiger partial charge in [0, 0.05) is 11.3 Å². The lowest BCUT2D eigenvalue weighted by Crippen LogP contribution is -2.01. The highest BCUT2D eigenvalue weighted by atomic mass is 32.2. The van der Waals surface area contributed by atoms with E-state index in [1.165, 1.54) is 23.9 Å². The molecule has 0 atom stereocenters. The maximum Gasteiger partial charge on any atom is 0.387 e. The molecule has 0 unspecified atom stereocenters. The van der Waals surface area contributed by atoms with E-state index >= 15 is 0 Å². The molecule has 0 aliphatic carbocycles. The van der Waals surface area contributed by atoms with Crippen molar-refractivity contribution in [2.75, 3.05) is 0 Å². The van der Waals surface area contributed by atoms with Crippen LogP contribution in [0, 0.1) is 6.92 Å². The van der Waals surface area contributed by atoms with Gasteiger partial charge in [-0.3, -0.25) is 0 Å². The van der Waals surface area contributed by atoms with Gasteiger partial charge in [-0.05, 0) is 42.6 Å². The number of thiophene rings is 1. The maximum atomic E-state index is 12.2. The van der Waals surface area contributed by atoms with Crippen molar-refractivity contribution in [3.8, 4) is 28.0 Å². The first kappa shape index (κ1) is 18.6. The number of halogens is 2. The van der Waals surface area contributed by atoms with Crippen molar-refractivity contribution in [1.29, 1.82) is 0 Å². The number of oxazole rings is 1. The molecule has 3 heterocycles. The van der Waals surface area contributed by atoms with E-state index in [2.05, 4.69) is 19.9 Å². The fourth-order valence-corrected chi connectivity index (χ4v) is 3.77. The number of alkyl halides is 2. The van der Waals surface area contributed by atoms with E-state index in [-0.39, 0.29) is 5.75 Å². The van der Waals surface area contributed by atoms with Crippen molar-refractivity contribution in [2.24, 2.45) is 0 Å². The molecular formula is C18H13F2N3O3S2. The number of aromatic nitrogens is 3. The van der Waals surface area contributed by atoms with Crippen LogP contribution in [0.4, 0.5) is 8.78 Å². The molecule has 4 rings (SSSR count). The van der Waals surface area contributed by atoms with E-state index in [0.717, 1.165) is 16.3 Å². The average Bonchev–Trinajstić information content (AvgIpc) is 3.41. The molecule has 0 spiro atoms. The van der Waals surface area contributed by atoms with E-state index in [9.17, 15) is 8.78 Å². The van der Waals surface area contributed by atoms with E-state index in [0.29, 0.717) is 28.3 Å². The summed E-state index contributed by atoms with van der Waals surface area (Å²) < 4.78 is 40.1. The number of nitrogens with zero attached hydrogens (tertiary/aromatic N) is 3. The topological polar surface area (TPSA) is 74.2 Å². The summed E-state index contributed by atoms with van der Waals surface area (Å²) in [5.41, 5.74) is 1.42. The summed E-state index contributed by atoms with van der Waals surface area (Å²) >= 11 is 2.91. The van der Waals surface area contributed by atoms with Gasteiger partial charge in [-0.1, -0.05) is 17.8 Å². The van der Waals surface area contributed by atoms with Crippen LogP contribution in [-0.4, -0.2) is 21.8 Å². The SMILES string of the molecule is Cc1oc(-c2cccs2)nc1CSc1nnc(-c2ccc(OC(F)F)cc2)o1. The molecule has 0 aliphatic rings. The number of hydrogen-bond acceptors (Lipinski definition) is 8. The number of hydrogen-bond donors (Lipinski definition) is 0. The zero-order valence-electron chi connectivity index (χ0n) is 14.5. The second kappa shape index (κ2) is 8.11. The molecule has 0 N–H and O–H groups in total. The van der Waals surface area contributed by atoms with Gasteiger partial charge in [-0.2, -0.15) is 8.78 Å². The molecule has 4 aromatic rings. The number of thioether (sulfide) groups is 1. The molecule has 6 nitrogen and oxygen atoms in total. The zero-order chi connectivity index (χ0) is 19.5. The van der Waals surface area contributed by atoms with Crippen molar-refractivity contribution in [2.45, 2.75) is 24.5 Å². The number of ether oxygens (including phenoxy) is 1. The first-order valence-corrected chi connectivity index (χ1v) is 9.97. The summed E-state index contributed by atoms with van der Waals surface area (Å²) in [6.07, 6.45) is 0. The lowest BCUT2D eigenvalue weighted by Gasteiger charge is -2.03. The Balaban J connectivity index is 1.41. The predicted octanol–water partition coefficient (Wildman–Crippen LogP) is 5.66. The summed E-state index contributed by atoms with van der Waals surface area (Å²) in [7, 11) is 0. The molecule has 0 radical (unpaired) electrons. The van der Waals surface area contributed by atoms with Crippen molar-refractivity contribution >= 4 is 23.1 Å². The molecule has 0 aliphatic heterocycles. The van der Waals surface area contributed by atoms with E-state index in [4.69, 9.17) is 8.83 Å². The van der Waals surface area contributed by atoms with Gasteiger partial charge in [0.05, 0.1) is 10.6 Å². The third kappa shape index (κ3) is 4.23. The van der Waals surface area contributed by atoms with Gasteiger partial charge in [-0.15, -0.1) is 21.5 Å². The quantitative estimate of drug-likeness (QED) is 0.357. The Kier molecular flexibility index (Phi) is 5.40. The van der Waals surface area contributed by atoms with Crippen molar-refractivity contribution in [1.82, 2.24) is 15.2 Å². The normalized spacial score (nSPS) is 11.3. The summed E-state index contributed by atoms with van der Waals surface area (Å²) in [4.78, 5) is 5.49. The van der Waals surface area contributed by atoms with Crippen molar-refractivity contribution in [3.63, 3.8) is 0 Å². The minimum Gasteiger partial charge on any atom is -0.440 e. The summed E-state index contributed by atoms with van der Waals surface area (Å²) in [5.74, 6) is 2.22. The first-order valence-electron chi connectivity index (χ1n) is 8.10. The molecule has 0 saturated heterocycles. The van der Waals surface area contributed by atoms with Crippen LogP contribution in [0.1, 0.15) is 11.5 Å². The molecule has 3 aromatic heterocycles. The van der Waals surface area contributed by atoms with Gasteiger partial charge in [0.1, 0.15) is 11.5 Å². The summed E-state index contributed by atoms with van der Waals surface area (Å²) in [5, 5.41) is 10.3. The molecule has 28 heavy (non-hydrogen) atoms. The van der Waals surface area contributed by atoms with Gasteiger partial charge >= 0.3 is 6.61 Å². The summed E-state index contributed by atoms with van der Waals surface area (Å²) in [6.45, 7) is -1.000. The van der Waals surface area contributed by atoms with Crippen LogP contribution in [-0.2, 0) is 5.75 Å². The van der Waals surface area contributed by atoms with Crippen LogP contribution in [0.2, 0.25) is 0 Å². The second-order valence-corrected chi connectivity index (χ2v) is 7.44. The van der Waals surface area contributed by atoms with Gasteiger partial charge in [-0.25, -0.2) is 4.98 Å². The highest BCUT2D eigenvalue weighted by molar-refractivity contribution is 7.98. The maximum absolute atomic E-state index is 12.2. The Labute approximate surface area is 166 Å². The van der Waals surface area contributed by atoms with E-state index in [1.807, 2.05) is 24.4 Å². The van der Waals surface area contributed by atoms with E-state index in [1.54, 1.807) is 23.5 Å².